The van der Waals surface area contributed by atoms with Gasteiger partial charge in [-0.15, -0.1) is 0 Å². The summed E-state index contributed by atoms with van der Waals surface area (Å²) in [5, 5.41) is 0. The van der Waals surface area contributed by atoms with Crippen molar-refractivity contribution in [1.29, 1.82) is 0 Å². The highest BCUT2D eigenvalue weighted by molar-refractivity contribution is 5.69. The Hall–Kier alpha value is -2.88. The number of imidazole rings is 1. The molecule has 3 aromatic rings. The predicted molar refractivity (Wildman–Crippen MR) is 116 cm³/mol. The summed E-state index contributed by atoms with van der Waals surface area (Å²) >= 11 is 0. The molecule has 1 aliphatic rings. The summed E-state index contributed by atoms with van der Waals surface area (Å²) in [4.78, 5) is 8.72. The Bertz CT molecular complexity index is 938. The van der Waals surface area contributed by atoms with E-state index in [0.29, 0.717) is 12.5 Å². The number of pyridine rings is 1. The van der Waals surface area contributed by atoms with Crippen molar-refractivity contribution in [2.45, 2.75) is 40.2 Å². The molecule has 0 fully saturated rings. The van der Waals surface area contributed by atoms with Gasteiger partial charge in [0.15, 0.2) is 5.65 Å². The summed E-state index contributed by atoms with van der Waals surface area (Å²) in [6.45, 7) is 7.57. The summed E-state index contributed by atoms with van der Waals surface area (Å²) in [7, 11) is 0. The third-order valence-electron chi connectivity index (χ3n) is 4.70. The Kier molecular flexibility index (Phi) is 7.01. The van der Waals surface area contributed by atoms with Crippen LogP contribution in [0.3, 0.4) is 0 Å². The van der Waals surface area contributed by atoms with E-state index in [-0.39, 0.29) is 0 Å². The number of rotatable bonds is 6. The fourth-order valence-electron chi connectivity index (χ4n) is 3.16. The van der Waals surface area contributed by atoms with Crippen molar-refractivity contribution in [2.75, 3.05) is 6.61 Å². The van der Waals surface area contributed by atoms with Crippen molar-refractivity contribution >= 4 is 11.2 Å². The summed E-state index contributed by atoms with van der Waals surface area (Å²) in [5.41, 5.74) is 4.52. The van der Waals surface area contributed by atoms with E-state index >= 15 is 0 Å². The minimum atomic E-state index is 0.590. The van der Waals surface area contributed by atoms with Gasteiger partial charge < -0.3 is 9.30 Å². The van der Waals surface area contributed by atoms with E-state index in [4.69, 9.17) is 4.74 Å². The normalized spacial score (nSPS) is 15.7. The van der Waals surface area contributed by atoms with Crippen LogP contribution in [-0.2, 0) is 13.0 Å². The van der Waals surface area contributed by atoms with Crippen LogP contribution in [0.1, 0.15) is 32.8 Å². The van der Waals surface area contributed by atoms with Gasteiger partial charge in [0.05, 0.1) is 12.9 Å². The quantitative estimate of drug-likeness (QED) is 0.563. The van der Waals surface area contributed by atoms with Crippen molar-refractivity contribution in [1.82, 2.24) is 14.5 Å². The van der Waals surface area contributed by atoms with E-state index in [1.54, 1.807) is 6.20 Å². The first kappa shape index (κ1) is 19.9. The molecule has 0 amide bonds. The van der Waals surface area contributed by atoms with Gasteiger partial charge in [-0.25, -0.2) is 9.97 Å². The molecule has 1 aliphatic carbocycles. The zero-order valence-corrected chi connectivity index (χ0v) is 17.0. The highest BCUT2D eigenvalue weighted by Gasteiger charge is 2.05. The maximum absolute atomic E-state index is 5.88. The Morgan fingerprint density at radius 3 is 2.68 bits per heavy atom. The molecule has 0 radical (unpaired) electrons. The van der Waals surface area contributed by atoms with Crippen LogP contribution >= 0.6 is 0 Å². The summed E-state index contributed by atoms with van der Waals surface area (Å²) in [6, 6.07) is 12.3. The van der Waals surface area contributed by atoms with Crippen LogP contribution in [0.2, 0.25) is 0 Å². The van der Waals surface area contributed by atoms with Crippen LogP contribution < -0.4 is 4.74 Å². The van der Waals surface area contributed by atoms with Crippen molar-refractivity contribution in [3.63, 3.8) is 0 Å². The topological polar surface area (TPSA) is 39.9 Å². The molecule has 2 aromatic heterocycles. The van der Waals surface area contributed by atoms with Crippen LogP contribution in [0, 0.1) is 5.92 Å². The van der Waals surface area contributed by atoms with E-state index in [2.05, 4.69) is 59.4 Å². The average Bonchev–Trinajstić information content (AvgIpc) is 3.16. The molecule has 0 saturated carbocycles. The minimum absolute atomic E-state index is 0.590. The van der Waals surface area contributed by atoms with Crippen LogP contribution in [0.4, 0.5) is 0 Å². The second-order valence-electron chi connectivity index (χ2n) is 6.80. The first-order valence-electron chi connectivity index (χ1n) is 10.1. The molecule has 0 saturated heterocycles. The molecule has 4 heteroatoms. The van der Waals surface area contributed by atoms with Crippen molar-refractivity contribution in [3.8, 4) is 5.75 Å². The van der Waals surface area contributed by atoms with Crippen LogP contribution in [0.5, 0.6) is 5.75 Å². The van der Waals surface area contributed by atoms with Gasteiger partial charge in [-0.2, -0.15) is 0 Å². The van der Waals surface area contributed by atoms with Gasteiger partial charge in [0.1, 0.15) is 17.9 Å². The molecule has 1 unspecified atom stereocenters. The third-order valence-corrected chi connectivity index (χ3v) is 4.70. The maximum atomic E-state index is 5.88. The Balaban J connectivity index is 0.00000109. The van der Waals surface area contributed by atoms with Gasteiger partial charge >= 0.3 is 0 Å². The summed E-state index contributed by atoms with van der Waals surface area (Å²) in [5.74, 6) is 1.56. The van der Waals surface area contributed by atoms with Gasteiger partial charge in [-0.1, -0.05) is 51.1 Å². The SMILES string of the molecule is CC.CC1C=CC(Cc2ccc(OCCn3cnc4cccnc43)cc2)=CC1. The number of aromatic nitrogens is 3. The van der Waals surface area contributed by atoms with Crippen LogP contribution in [-0.4, -0.2) is 21.1 Å². The van der Waals surface area contributed by atoms with E-state index in [9.17, 15) is 0 Å². The van der Waals surface area contributed by atoms with Crippen molar-refractivity contribution < 1.29 is 4.74 Å². The second-order valence-corrected chi connectivity index (χ2v) is 6.80. The smallest absolute Gasteiger partial charge is 0.159 e. The lowest BCUT2D eigenvalue weighted by Gasteiger charge is -2.12. The number of hydrogen-bond acceptors (Lipinski definition) is 3. The number of allylic oxidation sites excluding steroid dienone is 4. The third kappa shape index (κ3) is 5.10. The number of hydrogen-bond donors (Lipinski definition) is 0. The largest absolute Gasteiger partial charge is 0.492 e. The first-order valence-corrected chi connectivity index (χ1v) is 10.1. The fraction of sp³-hybridized carbons (Fsp3) is 0.333. The number of benzene rings is 1. The molecule has 4 rings (SSSR count). The first-order chi connectivity index (χ1) is 13.8. The molecule has 1 aromatic carbocycles. The fourth-order valence-corrected chi connectivity index (χ4v) is 3.16. The number of fused-ring (bicyclic) bond motifs is 1. The second kappa shape index (κ2) is 9.88. The molecule has 146 valence electrons. The summed E-state index contributed by atoms with van der Waals surface area (Å²) in [6.07, 6.45) is 12.6. The van der Waals surface area contributed by atoms with Crippen molar-refractivity contribution in [2.24, 2.45) is 5.92 Å². The molecular formula is C24H29N3O. The lowest BCUT2D eigenvalue weighted by molar-refractivity contribution is 0.300. The standard InChI is InChI=1S/C22H23N3O.C2H6/c1-17-4-6-18(7-5-17)15-19-8-10-20(11-9-19)26-14-13-25-16-24-21-3-2-12-23-22(21)25;1-2/h2-4,6-12,16-17H,5,13-15H2,1H3;1-2H3. The van der Waals surface area contributed by atoms with Crippen molar-refractivity contribution in [3.05, 3.63) is 78.3 Å². The Morgan fingerprint density at radius 2 is 1.93 bits per heavy atom. The van der Waals surface area contributed by atoms with Gasteiger partial charge in [-0.05, 0) is 54.2 Å². The number of nitrogens with zero attached hydrogens (tertiary/aromatic N) is 3. The lowest BCUT2D eigenvalue weighted by atomic mass is 9.95. The molecule has 28 heavy (non-hydrogen) atoms. The van der Waals surface area contributed by atoms with Gasteiger partial charge in [0, 0.05) is 6.20 Å². The molecule has 1 atom stereocenters. The van der Waals surface area contributed by atoms with Crippen LogP contribution in [0.25, 0.3) is 11.2 Å². The predicted octanol–water partition coefficient (Wildman–Crippen LogP) is 5.60. The zero-order chi connectivity index (χ0) is 19.8. The molecular weight excluding hydrogens is 346 g/mol. The van der Waals surface area contributed by atoms with E-state index < -0.39 is 0 Å². The van der Waals surface area contributed by atoms with E-state index in [1.165, 1.54) is 11.1 Å². The molecule has 0 N–H and O–H groups in total. The average molecular weight is 376 g/mol. The number of ether oxygens (including phenoxy) is 1. The summed E-state index contributed by atoms with van der Waals surface area (Å²) < 4.78 is 7.90. The molecule has 0 bridgehead atoms. The monoisotopic (exact) mass is 375 g/mol. The highest BCUT2D eigenvalue weighted by Crippen LogP contribution is 2.20. The molecule has 4 nitrogen and oxygen atoms in total. The molecule has 0 aliphatic heterocycles. The lowest BCUT2D eigenvalue weighted by Crippen LogP contribution is -2.07. The Labute approximate surface area is 167 Å². The molecule has 2 heterocycles. The van der Waals surface area contributed by atoms with Gasteiger partial charge in [-0.3, -0.25) is 0 Å². The van der Waals surface area contributed by atoms with E-state index in [0.717, 1.165) is 36.3 Å². The van der Waals surface area contributed by atoms with E-state index in [1.807, 2.05) is 36.9 Å². The van der Waals surface area contributed by atoms with Gasteiger partial charge in [0.25, 0.3) is 0 Å². The zero-order valence-electron chi connectivity index (χ0n) is 17.0. The maximum Gasteiger partial charge on any atom is 0.159 e. The molecule has 0 spiro atoms. The highest BCUT2D eigenvalue weighted by atomic mass is 16.5. The minimum Gasteiger partial charge on any atom is -0.492 e. The Morgan fingerprint density at radius 1 is 1.11 bits per heavy atom. The van der Waals surface area contributed by atoms with Crippen LogP contribution in [0.15, 0.2) is 72.7 Å². The van der Waals surface area contributed by atoms with Gasteiger partial charge in [0.2, 0.25) is 0 Å².